The van der Waals surface area contributed by atoms with Gasteiger partial charge in [0.1, 0.15) is 48.3 Å². The SMILES string of the molecule is CC[C@]1(O)CC2CN(CCc3c(n(C)c4ccccc34)[C@@](C(=O)O)(c3cc4c(cc3OC)N(C)[C@H]3[C@@](O)(C(=O)NCC(=O)OCCSSC[C@H](NC(=O)[C@@H](CC(=O)[C@H](CC(=O)O)NC(=O)CC[C@H](CC(=O)CC[C@H](NC(=O)NCCCC(=O)O)C(=O)O)C(=O)O)Cc5ccccc5)C(=O)O)[C@H](O)C5C=CCC6CC[C@]43[C@@H]65)C2)C1.O=C=O. The number of amides is 5. The minimum Gasteiger partial charge on any atom is -0.496 e. The van der Waals surface area contributed by atoms with E-state index in [9.17, 15) is 93.6 Å². The van der Waals surface area contributed by atoms with Crippen molar-refractivity contribution in [3.8, 4) is 5.75 Å². The summed E-state index contributed by atoms with van der Waals surface area (Å²) in [6.07, 6.45) is 0.693. The van der Waals surface area contributed by atoms with Crippen LogP contribution in [0.4, 0.5) is 10.5 Å². The zero-order chi connectivity index (χ0) is 84.7. The molecule has 1 spiro atoms. The molecule has 34 nitrogen and oxygen atoms in total. The Hall–Kier alpha value is -10.2. The smallest absolute Gasteiger partial charge is 0.373 e. The molecular formula is C80H100N8O26S2. The number of para-hydroxylation sites is 1. The van der Waals surface area contributed by atoms with Crippen LogP contribution in [-0.2, 0) is 103 Å². The van der Waals surface area contributed by atoms with Crippen LogP contribution in [0, 0.1) is 35.5 Å². The van der Waals surface area contributed by atoms with Gasteiger partial charge in [-0.1, -0.05) is 89.2 Å². The number of carbonyl (C=O) groups is 13. The zero-order valence-electron chi connectivity index (χ0n) is 64.7. The number of nitrogens with zero attached hydrogens (tertiary/aromatic N) is 3. The van der Waals surface area contributed by atoms with Crippen molar-refractivity contribution in [2.24, 2.45) is 42.6 Å². The Balaban J connectivity index is 0.00000504. The summed E-state index contributed by atoms with van der Waals surface area (Å²) in [5.41, 5.74) is -2.02. The molecule has 3 aliphatic heterocycles. The second-order valence-corrected chi connectivity index (χ2v) is 33.4. The first kappa shape index (κ1) is 89.7. The number of carboxylic acids is 6. The fourth-order valence-corrected chi connectivity index (χ4v) is 20.6. The topological polar surface area (TPSA) is 528 Å². The van der Waals surface area contributed by atoms with Crippen LogP contribution in [0.25, 0.3) is 10.9 Å². The van der Waals surface area contributed by atoms with Crippen molar-refractivity contribution >= 4 is 121 Å². The van der Waals surface area contributed by atoms with Crippen molar-refractivity contribution in [2.45, 2.75) is 168 Å². The highest BCUT2D eigenvalue weighted by Crippen LogP contribution is 2.69. The standard InChI is InChI=1S/C79H100N8O24S2.CO2/c1-5-76(108)37-44-38-78(74(105)106,66-50(25-28-87(40-44)42-76)49-16-9-10-18-57(49)85(66)2)53-34-52-58(36-60(53)110-4)86(3)72-77(52)26-24-45-15-11-17-51(65(45)77)67(96)79(72,109)73(104)81-39-64(95)111-29-30-112-113-41-56(71(102)103)83-68(97)47(31-43-13-7-6-8-14-43)33-59(89)55(35-63(93)94)82-61(90)23-20-46(69(98)99)32-48(88)21-22-54(70(100)101)84-75(107)80-27-12-19-62(91)92;2-1-3/h6-11,13-14,16-18,34,36,44-47,51,54-56,65,67,72,96,108-109H,5,12,15,19-33,35,37-42H2,1-4H3,(H,81,104)(H,82,90)(H,83,97)(H,91,92)(H,93,94)(H,98,99)(H,100,101)(H,102,103)(H,105,106)(H2,80,84,107);/t44?,45?,46-,47-,51?,54+,55+,56+,65+,67-,72-,76+,77-,78+,79-;/m1./s1. The number of allylic oxidation sites excluding steroid dienone is 1. The van der Waals surface area contributed by atoms with E-state index >= 15 is 9.59 Å². The Bertz CT molecular complexity index is 4440. The van der Waals surface area contributed by atoms with Crippen molar-refractivity contribution in [1.82, 2.24) is 36.1 Å². The van der Waals surface area contributed by atoms with E-state index in [1.807, 2.05) is 61.0 Å². The van der Waals surface area contributed by atoms with Gasteiger partial charge in [-0.3, -0.25) is 52.8 Å². The molecule has 3 aliphatic carbocycles. The van der Waals surface area contributed by atoms with E-state index in [-0.39, 0.29) is 80.0 Å². The molecule has 0 radical (unpaired) electrons. The number of fused-ring (bicyclic) bond motifs is 6. The predicted molar refractivity (Wildman–Crippen MR) is 416 cm³/mol. The Morgan fingerprint density at radius 3 is 2.12 bits per heavy atom. The van der Waals surface area contributed by atoms with Crippen LogP contribution in [0.5, 0.6) is 5.75 Å². The maximum absolute atomic E-state index is 15.1. The lowest BCUT2D eigenvalue weighted by atomic mass is 9.50. The van der Waals surface area contributed by atoms with E-state index in [0.717, 1.165) is 38.1 Å². The van der Waals surface area contributed by atoms with E-state index in [2.05, 4.69) is 31.5 Å². The second kappa shape index (κ2) is 39.1. The van der Waals surface area contributed by atoms with Gasteiger partial charge in [0.05, 0.1) is 37.1 Å². The molecule has 2 bridgehead atoms. The Morgan fingerprint density at radius 2 is 1.46 bits per heavy atom. The molecule has 2 saturated carbocycles. The molecule has 4 aromatic rings. The van der Waals surface area contributed by atoms with Gasteiger partial charge in [-0.05, 0) is 117 Å². The highest BCUT2D eigenvalue weighted by Gasteiger charge is 2.75. The Kier molecular flexibility index (Phi) is 30.3. The van der Waals surface area contributed by atoms with Crippen molar-refractivity contribution in [3.05, 3.63) is 107 Å². The Morgan fingerprint density at radius 1 is 0.750 bits per heavy atom. The molecule has 3 fully saturated rings. The van der Waals surface area contributed by atoms with Crippen molar-refractivity contribution in [2.75, 3.05) is 69.9 Å². The minimum absolute atomic E-state index is 0.00480. The number of aliphatic hydroxyl groups is 3. The number of anilines is 1. The van der Waals surface area contributed by atoms with Crippen molar-refractivity contribution in [1.29, 1.82) is 0 Å². The monoisotopic (exact) mass is 1650 g/mol. The van der Waals surface area contributed by atoms with Gasteiger partial charge in [-0.25, -0.2) is 14.4 Å². The summed E-state index contributed by atoms with van der Waals surface area (Å²) in [5.74, 6) is -18.0. The van der Waals surface area contributed by atoms with E-state index in [4.69, 9.17) is 24.2 Å². The van der Waals surface area contributed by atoms with E-state index < -0.39 is 199 Å². The number of Topliss-reactive ketones (excluding diaryl/α,β-unsaturated/α-hetero) is 2. The molecule has 5 amide bonds. The number of carboxylic acid groups (broad SMARTS) is 6. The molecule has 4 unspecified atom stereocenters. The number of ether oxygens (including phenoxy) is 2. The maximum atomic E-state index is 15.1. The lowest BCUT2D eigenvalue weighted by Crippen LogP contribution is -2.76. The fraction of sp³-hybridized carbons (Fsp3) is 0.550. The average Bonchev–Trinajstić information content (AvgIpc) is 1.49. The number of urea groups is 1. The first-order valence-electron chi connectivity index (χ1n) is 38.4. The number of hydrogen-bond acceptors (Lipinski definition) is 24. The summed E-state index contributed by atoms with van der Waals surface area (Å²) >= 11 is 0. The van der Waals surface area contributed by atoms with Gasteiger partial charge in [-0.2, -0.15) is 9.59 Å². The highest BCUT2D eigenvalue weighted by molar-refractivity contribution is 8.76. The summed E-state index contributed by atoms with van der Waals surface area (Å²) in [6.45, 7) is 2.43. The normalized spacial score (nSPS) is 25.2. The summed E-state index contributed by atoms with van der Waals surface area (Å²) in [7, 11) is 7.15. The first-order valence-corrected chi connectivity index (χ1v) is 40.9. The molecule has 36 heteroatoms. The molecule has 1 saturated heterocycles. The molecule has 14 N–H and O–H groups in total. The summed E-state index contributed by atoms with van der Waals surface area (Å²) < 4.78 is 13.8. The number of rotatable bonds is 39. The van der Waals surface area contributed by atoms with Gasteiger partial charge < -0.3 is 91.5 Å². The number of aryl methyl sites for hydroxylation is 1. The lowest BCUT2D eigenvalue weighted by Gasteiger charge is -2.58. The van der Waals surface area contributed by atoms with Crippen LogP contribution in [0.2, 0.25) is 0 Å². The summed E-state index contributed by atoms with van der Waals surface area (Å²) in [5, 5.41) is 112. The molecule has 16 atom stereocenters. The quantitative estimate of drug-likeness (QED) is 0.0132. The lowest BCUT2D eigenvalue weighted by molar-refractivity contribution is -0.192. The molecule has 116 heavy (non-hydrogen) atoms. The van der Waals surface area contributed by atoms with Gasteiger partial charge in [0.25, 0.3) is 5.91 Å². The number of aromatic nitrogens is 1. The molecule has 10 rings (SSSR count). The van der Waals surface area contributed by atoms with Gasteiger partial charge in [-0.15, -0.1) is 0 Å². The number of piperidine rings is 1. The van der Waals surface area contributed by atoms with Gasteiger partial charge in [0.15, 0.2) is 11.4 Å². The third kappa shape index (κ3) is 19.9. The summed E-state index contributed by atoms with van der Waals surface area (Å²) in [4.78, 5) is 190. The zero-order valence-corrected chi connectivity index (χ0v) is 66.3. The van der Waals surface area contributed by atoms with E-state index in [1.165, 1.54) is 7.11 Å². The number of methoxy groups -OCH3 is 1. The number of nitrogens with one attached hydrogen (secondary N) is 5. The highest BCUT2D eigenvalue weighted by atomic mass is 33.1. The molecular weight excluding hydrogens is 1550 g/mol. The van der Waals surface area contributed by atoms with Gasteiger partial charge >= 0.3 is 54.0 Å². The molecule has 3 aromatic carbocycles. The van der Waals surface area contributed by atoms with Crippen LogP contribution in [0.15, 0.2) is 78.9 Å². The van der Waals surface area contributed by atoms with Crippen molar-refractivity contribution in [3.63, 3.8) is 0 Å². The number of aliphatic hydroxyl groups excluding tert-OH is 1. The molecule has 628 valence electrons. The van der Waals surface area contributed by atoms with Crippen LogP contribution in [-0.4, -0.2) is 245 Å². The number of hydrogen-bond donors (Lipinski definition) is 14. The van der Waals surface area contributed by atoms with Crippen LogP contribution in [0.1, 0.15) is 131 Å². The van der Waals surface area contributed by atoms with Crippen molar-refractivity contribution < 1.29 is 127 Å². The molecule has 1 aromatic heterocycles. The van der Waals surface area contributed by atoms with E-state index in [1.54, 1.807) is 48.3 Å². The number of aliphatic carboxylic acids is 6. The number of benzene rings is 3. The third-order valence-corrected chi connectivity index (χ3v) is 26.1. The van der Waals surface area contributed by atoms with Gasteiger partial charge in [0.2, 0.25) is 11.8 Å². The fourth-order valence-electron chi connectivity index (χ4n) is 18.6. The number of likely N-dealkylation sites (N-methyl/N-ethyl adjacent to an activating group) is 1. The predicted octanol–water partition coefficient (Wildman–Crippen LogP) is 3.37. The minimum atomic E-state index is -2.60. The number of ketones is 2. The van der Waals surface area contributed by atoms with Gasteiger partial charge in [0, 0.05) is 135 Å². The number of carbonyl (C=O) groups excluding carboxylic acids is 9. The first-order chi connectivity index (χ1) is 55.1. The maximum Gasteiger partial charge on any atom is 0.373 e. The van der Waals surface area contributed by atoms with Crippen LogP contribution >= 0.6 is 21.6 Å². The largest absolute Gasteiger partial charge is 0.496 e. The summed E-state index contributed by atoms with van der Waals surface area (Å²) in [6, 6.07) is 12.8. The Labute approximate surface area is 675 Å². The third-order valence-electron chi connectivity index (χ3n) is 23.7. The average molecular weight is 1650 g/mol. The second-order valence-electron chi connectivity index (χ2n) is 30.8. The number of esters is 1. The molecule has 4 heterocycles. The van der Waals surface area contributed by atoms with Crippen LogP contribution < -0.4 is 36.2 Å². The van der Waals surface area contributed by atoms with E-state index in [0.29, 0.717) is 86.2 Å². The van der Waals surface area contributed by atoms with Crippen LogP contribution in [0.3, 0.4) is 0 Å². The molecule has 6 aliphatic rings.